The number of hydrazine groups is 1. The molecule has 1 aromatic heterocycles. The molecule has 0 bridgehead atoms. The molecule has 1 aromatic rings. The minimum atomic E-state index is -4.44. The summed E-state index contributed by atoms with van der Waals surface area (Å²) in [6.07, 6.45) is -2.11. The Balaban J connectivity index is 2.19. The van der Waals surface area contributed by atoms with E-state index in [1.165, 1.54) is 12.3 Å². The van der Waals surface area contributed by atoms with E-state index in [9.17, 15) is 18.0 Å². The van der Waals surface area contributed by atoms with Gasteiger partial charge in [0, 0.05) is 12.4 Å². The highest BCUT2D eigenvalue weighted by Gasteiger charge is 2.64. The van der Waals surface area contributed by atoms with Crippen LogP contribution in [0.15, 0.2) is 18.5 Å². The first kappa shape index (κ1) is 12.6. The molecule has 0 radical (unpaired) electrons. The SMILES string of the molecule is NNc1ccncc1C(=O)NC1(C(F)(F)F)CC1. The van der Waals surface area contributed by atoms with Crippen LogP contribution in [0.4, 0.5) is 18.9 Å². The molecule has 4 N–H and O–H groups in total. The smallest absolute Gasteiger partial charge is 0.338 e. The van der Waals surface area contributed by atoms with Crippen molar-refractivity contribution in [2.75, 3.05) is 5.43 Å². The molecule has 0 aromatic carbocycles. The van der Waals surface area contributed by atoms with E-state index in [2.05, 4.69) is 10.4 Å². The summed E-state index contributed by atoms with van der Waals surface area (Å²) >= 11 is 0. The Morgan fingerprint density at radius 2 is 2.11 bits per heavy atom. The lowest BCUT2D eigenvalue weighted by Crippen LogP contribution is -2.48. The van der Waals surface area contributed by atoms with Crippen LogP contribution < -0.4 is 16.6 Å². The van der Waals surface area contributed by atoms with Crippen LogP contribution in [-0.2, 0) is 0 Å². The topological polar surface area (TPSA) is 80.0 Å². The van der Waals surface area contributed by atoms with Gasteiger partial charge in [-0.2, -0.15) is 13.2 Å². The molecule has 2 rings (SSSR count). The summed E-state index contributed by atoms with van der Waals surface area (Å²) < 4.78 is 38.1. The second-order valence-corrected chi connectivity index (χ2v) is 4.10. The van der Waals surface area contributed by atoms with Gasteiger partial charge in [0.05, 0.1) is 11.3 Å². The van der Waals surface area contributed by atoms with Gasteiger partial charge in [-0.05, 0) is 18.9 Å². The maximum atomic E-state index is 12.7. The van der Waals surface area contributed by atoms with Gasteiger partial charge >= 0.3 is 6.18 Å². The van der Waals surface area contributed by atoms with E-state index in [4.69, 9.17) is 5.84 Å². The van der Waals surface area contributed by atoms with E-state index < -0.39 is 17.6 Å². The van der Waals surface area contributed by atoms with Crippen LogP contribution in [0.25, 0.3) is 0 Å². The minimum absolute atomic E-state index is 0.0180. The van der Waals surface area contributed by atoms with E-state index in [0.717, 1.165) is 6.20 Å². The number of alkyl halides is 3. The highest BCUT2D eigenvalue weighted by Crippen LogP contribution is 2.49. The van der Waals surface area contributed by atoms with Crippen molar-refractivity contribution in [3.8, 4) is 0 Å². The van der Waals surface area contributed by atoms with Crippen molar-refractivity contribution in [3.05, 3.63) is 24.0 Å². The van der Waals surface area contributed by atoms with E-state index >= 15 is 0 Å². The van der Waals surface area contributed by atoms with Gasteiger partial charge in [0.1, 0.15) is 5.54 Å². The van der Waals surface area contributed by atoms with Crippen molar-refractivity contribution in [2.45, 2.75) is 24.6 Å². The molecule has 8 heteroatoms. The second-order valence-electron chi connectivity index (χ2n) is 4.10. The fourth-order valence-electron chi connectivity index (χ4n) is 1.59. The van der Waals surface area contributed by atoms with Crippen LogP contribution in [-0.4, -0.2) is 22.6 Å². The third-order valence-corrected chi connectivity index (χ3v) is 2.87. The van der Waals surface area contributed by atoms with Crippen molar-refractivity contribution in [1.29, 1.82) is 0 Å². The van der Waals surface area contributed by atoms with E-state index in [-0.39, 0.29) is 24.1 Å². The molecule has 18 heavy (non-hydrogen) atoms. The molecule has 0 spiro atoms. The predicted molar refractivity (Wildman–Crippen MR) is 57.5 cm³/mol. The lowest BCUT2D eigenvalue weighted by molar-refractivity contribution is -0.163. The number of hydrogen-bond acceptors (Lipinski definition) is 4. The van der Waals surface area contributed by atoms with Gasteiger partial charge in [0.15, 0.2) is 0 Å². The Kier molecular flexibility index (Phi) is 2.89. The third kappa shape index (κ3) is 2.10. The Bertz CT molecular complexity index is 470. The fraction of sp³-hybridized carbons (Fsp3) is 0.400. The van der Waals surface area contributed by atoms with Gasteiger partial charge in [-0.3, -0.25) is 15.6 Å². The standard InChI is InChI=1S/C10H11F3N4O/c11-10(12,13)9(2-3-9)16-8(18)6-5-15-4-1-7(6)17-14/h1,4-5H,2-3,14H2,(H,15,17)(H,16,18). The van der Waals surface area contributed by atoms with Gasteiger partial charge in [0.25, 0.3) is 5.91 Å². The number of carbonyl (C=O) groups is 1. The normalized spacial score (nSPS) is 17.1. The molecule has 98 valence electrons. The molecular formula is C10H11F3N4O. The summed E-state index contributed by atoms with van der Waals surface area (Å²) in [6.45, 7) is 0. The molecule has 1 amide bonds. The lowest BCUT2D eigenvalue weighted by atomic mass is 10.2. The van der Waals surface area contributed by atoms with Crippen molar-refractivity contribution >= 4 is 11.6 Å². The van der Waals surface area contributed by atoms with Crippen molar-refractivity contribution in [3.63, 3.8) is 0 Å². The molecule has 0 unspecified atom stereocenters. The lowest BCUT2D eigenvalue weighted by Gasteiger charge is -2.21. The van der Waals surface area contributed by atoms with Gasteiger partial charge in [-0.1, -0.05) is 0 Å². The van der Waals surface area contributed by atoms with Gasteiger partial charge in [-0.15, -0.1) is 0 Å². The van der Waals surface area contributed by atoms with Crippen LogP contribution in [0.3, 0.4) is 0 Å². The molecular weight excluding hydrogens is 249 g/mol. The first-order valence-corrected chi connectivity index (χ1v) is 5.19. The number of nitrogen functional groups attached to an aromatic ring is 1. The summed E-state index contributed by atoms with van der Waals surface area (Å²) in [7, 11) is 0. The van der Waals surface area contributed by atoms with Gasteiger partial charge in [-0.25, -0.2) is 0 Å². The monoisotopic (exact) mass is 260 g/mol. The molecule has 1 heterocycles. The molecule has 1 aliphatic rings. The average molecular weight is 260 g/mol. The number of aromatic nitrogens is 1. The molecule has 1 saturated carbocycles. The highest BCUT2D eigenvalue weighted by atomic mass is 19.4. The molecule has 0 atom stereocenters. The largest absolute Gasteiger partial charge is 0.411 e. The van der Waals surface area contributed by atoms with Crippen LogP contribution in [0.1, 0.15) is 23.2 Å². The van der Waals surface area contributed by atoms with Gasteiger partial charge < -0.3 is 10.7 Å². The zero-order chi connectivity index (χ0) is 13.4. The Labute approximate surface area is 101 Å². The first-order valence-electron chi connectivity index (χ1n) is 5.19. The summed E-state index contributed by atoms with van der Waals surface area (Å²) in [5.41, 5.74) is 0.352. The maximum absolute atomic E-state index is 12.7. The minimum Gasteiger partial charge on any atom is -0.338 e. The Morgan fingerprint density at radius 3 is 2.61 bits per heavy atom. The predicted octanol–water partition coefficient (Wildman–Crippen LogP) is 1.19. The summed E-state index contributed by atoms with van der Waals surface area (Å²) in [5.74, 6) is 4.33. The number of nitrogens with zero attached hydrogens (tertiary/aromatic N) is 1. The number of nitrogens with one attached hydrogen (secondary N) is 2. The Hall–Kier alpha value is -1.83. The quantitative estimate of drug-likeness (QED) is 0.563. The Morgan fingerprint density at radius 1 is 1.44 bits per heavy atom. The number of rotatable bonds is 3. The molecule has 1 fully saturated rings. The van der Waals surface area contributed by atoms with Crippen LogP contribution >= 0.6 is 0 Å². The van der Waals surface area contributed by atoms with Crippen LogP contribution in [0, 0.1) is 0 Å². The van der Waals surface area contributed by atoms with E-state index in [1.54, 1.807) is 0 Å². The zero-order valence-corrected chi connectivity index (χ0v) is 9.21. The second kappa shape index (κ2) is 4.13. The zero-order valence-electron chi connectivity index (χ0n) is 9.21. The summed E-state index contributed by atoms with van der Waals surface area (Å²) in [6, 6.07) is 1.40. The summed E-state index contributed by atoms with van der Waals surface area (Å²) in [4.78, 5) is 15.5. The maximum Gasteiger partial charge on any atom is 0.411 e. The van der Waals surface area contributed by atoms with E-state index in [1.807, 2.05) is 5.32 Å². The molecule has 1 aliphatic carbocycles. The molecule has 0 saturated heterocycles. The molecule has 0 aliphatic heterocycles. The van der Waals surface area contributed by atoms with Crippen molar-refractivity contribution in [2.24, 2.45) is 5.84 Å². The van der Waals surface area contributed by atoms with Crippen molar-refractivity contribution in [1.82, 2.24) is 10.3 Å². The average Bonchev–Trinajstić information content (AvgIpc) is 3.09. The number of hydrogen-bond donors (Lipinski definition) is 3. The van der Waals surface area contributed by atoms with Crippen LogP contribution in [0.2, 0.25) is 0 Å². The third-order valence-electron chi connectivity index (χ3n) is 2.87. The van der Waals surface area contributed by atoms with Gasteiger partial charge in [0.2, 0.25) is 0 Å². The number of amides is 1. The number of carbonyl (C=O) groups excluding carboxylic acids is 1. The summed E-state index contributed by atoms with van der Waals surface area (Å²) in [5, 5.41) is 2.00. The number of anilines is 1. The van der Waals surface area contributed by atoms with Crippen LogP contribution in [0.5, 0.6) is 0 Å². The van der Waals surface area contributed by atoms with Crippen molar-refractivity contribution < 1.29 is 18.0 Å². The first-order chi connectivity index (χ1) is 8.39. The number of nitrogens with two attached hydrogens (primary N) is 1. The molecule has 5 nitrogen and oxygen atoms in total. The fourth-order valence-corrected chi connectivity index (χ4v) is 1.59. The number of pyridine rings is 1. The van der Waals surface area contributed by atoms with E-state index in [0.29, 0.717) is 0 Å². The highest BCUT2D eigenvalue weighted by molar-refractivity contribution is 5.99. The number of halogens is 3.